The van der Waals surface area contributed by atoms with Gasteiger partial charge in [-0.3, -0.25) is 0 Å². The number of rotatable bonds is 7. The fourth-order valence-corrected chi connectivity index (χ4v) is 3.59. The highest BCUT2D eigenvalue weighted by Crippen LogP contribution is 2.11. The summed E-state index contributed by atoms with van der Waals surface area (Å²) in [5.41, 5.74) is -0.610. The Hall–Kier alpha value is -1.19. The number of aromatic nitrogens is 1. The van der Waals surface area contributed by atoms with Crippen LogP contribution in [-0.2, 0) is 16.6 Å². The molecule has 0 saturated carbocycles. The van der Waals surface area contributed by atoms with Crippen LogP contribution in [0.1, 0.15) is 30.7 Å². The molecular weight excluding hydrogens is 322 g/mol. The summed E-state index contributed by atoms with van der Waals surface area (Å²) in [4.78, 5) is 9.89. The number of nitrogens with one attached hydrogen (secondary N) is 3. The number of hydrogen-bond donors (Lipinski definition) is 3. The predicted molar refractivity (Wildman–Crippen MR) is 91.7 cm³/mol. The highest BCUT2D eigenvalue weighted by molar-refractivity contribution is 7.88. The molecule has 7 nitrogen and oxygen atoms in total. The van der Waals surface area contributed by atoms with Gasteiger partial charge in [-0.1, -0.05) is 0 Å². The Kier molecular flexibility index (Phi) is 6.76. The highest BCUT2D eigenvalue weighted by Gasteiger charge is 2.22. The van der Waals surface area contributed by atoms with Crippen LogP contribution in [0.2, 0.25) is 0 Å². The lowest BCUT2D eigenvalue weighted by Crippen LogP contribution is -2.53. The molecule has 0 aliphatic carbocycles. The molecule has 1 heterocycles. The van der Waals surface area contributed by atoms with Crippen molar-refractivity contribution in [2.45, 2.75) is 39.8 Å². The first-order valence-electron chi connectivity index (χ1n) is 7.04. The molecule has 9 heteroatoms. The van der Waals surface area contributed by atoms with Crippen LogP contribution in [0, 0.1) is 6.92 Å². The molecule has 0 bridgehead atoms. The monoisotopic (exact) mass is 347 g/mol. The van der Waals surface area contributed by atoms with E-state index in [1.807, 2.05) is 33.9 Å². The average Bonchev–Trinajstić information content (AvgIpc) is 2.76. The smallest absolute Gasteiger partial charge is 0.209 e. The number of aliphatic imine (C=N–C) groups is 1. The normalized spacial score (nSPS) is 13.2. The SMILES string of the molecule is CCNC(=NCc1ncc(C)s1)NCC(C)(C)NS(C)(=O)=O. The maximum Gasteiger partial charge on any atom is 0.209 e. The van der Waals surface area contributed by atoms with Gasteiger partial charge in [-0.25, -0.2) is 23.1 Å². The third kappa shape index (κ3) is 7.71. The van der Waals surface area contributed by atoms with Crippen LogP contribution in [0.15, 0.2) is 11.2 Å². The van der Waals surface area contributed by atoms with E-state index in [1.165, 1.54) is 0 Å². The van der Waals surface area contributed by atoms with Gasteiger partial charge in [-0.05, 0) is 27.7 Å². The minimum atomic E-state index is -3.25. The van der Waals surface area contributed by atoms with Gasteiger partial charge in [-0.15, -0.1) is 11.3 Å². The topological polar surface area (TPSA) is 95.5 Å². The first-order chi connectivity index (χ1) is 10.1. The summed E-state index contributed by atoms with van der Waals surface area (Å²) in [5.74, 6) is 0.638. The predicted octanol–water partition coefficient (Wildman–Crippen LogP) is 0.834. The Morgan fingerprint density at radius 1 is 1.41 bits per heavy atom. The van der Waals surface area contributed by atoms with Crippen LogP contribution >= 0.6 is 11.3 Å². The van der Waals surface area contributed by atoms with Gasteiger partial charge in [0.1, 0.15) is 5.01 Å². The van der Waals surface area contributed by atoms with Gasteiger partial charge in [0.05, 0.1) is 12.8 Å². The van der Waals surface area contributed by atoms with Crippen LogP contribution in [-0.4, -0.2) is 44.2 Å². The van der Waals surface area contributed by atoms with Crippen molar-refractivity contribution < 1.29 is 8.42 Å². The Morgan fingerprint density at radius 2 is 2.09 bits per heavy atom. The molecule has 126 valence electrons. The van der Waals surface area contributed by atoms with E-state index in [0.717, 1.165) is 22.7 Å². The Balaban J connectivity index is 2.63. The van der Waals surface area contributed by atoms with Crippen LogP contribution in [0.3, 0.4) is 0 Å². The van der Waals surface area contributed by atoms with E-state index in [-0.39, 0.29) is 0 Å². The molecular formula is C13H25N5O2S2. The van der Waals surface area contributed by atoms with E-state index in [9.17, 15) is 8.42 Å². The maximum absolute atomic E-state index is 11.3. The minimum absolute atomic E-state index is 0.419. The molecule has 0 saturated heterocycles. The maximum atomic E-state index is 11.3. The quantitative estimate of drug-likeness (QED) is 0.502. The number of sulfonamides is 1. The zero-order valence-electron chi connectivity index (χ0n) is 13.7. The van der Waals surface area contributed by atoms with Gasteiger partial charge in [0.15, 0.2) is 5.96 Å². The summed E-state index contributed by atoms with van der Waals surface area (Å²) in [6.07, 6.45) is 2.98. The third-order valence-corrected chi connectivity index (χ3v) is 4.37. The first kappa shape index (κ1) is 18.9. The van der Waals surface area contributed by atoms with Gasteiger partial charge in [-0.2, -0.15) is 0 Å². The summed E-state index contributed by atoms with van der Waals surface area (Å²) in [6.45, 7) is 9.25. The van der Waals surface area contributed by atoms with Crippen LogP contribution in [0.4, 0.5) is 0 Å². The zero-order chi connectivity index (χ0) is 16.8. The zero-order valence-corrected chi connectivity index (χ0v) is 15.4. The molecule has 1 aromatic heterocycles. The second-order valence-corrected chi connectivity index (χ2v) is 8.74. The lowest BCUT2D eigenvalue weighted by Gasteiger charge is -2.26. The van der Waals surface area contributed by atoms with Crippen LogP contribution < -0.4 is 15.4 Å². The van der Waals surface area contributed by atoms with Crippen molar-refractivity contribution in [3.8, 4) is 0 Å². The van der Waals surface area contributed by atoms with Crippen molar-refractivity contribution >= 4 is 27.3 Å². The average molecular weight is 348 g/mol. The molecule has 22 heavy (non-hydrogen) atoms. The van der Waals surface area contributed by atoms with Crippen molar-refractivity contribution in [1.82, 2.24) is 20.3 Å². The summed E-state index contributed by atoms with van der Waals surface area (Å²) in [5, 5.41) is 7.23. The van der Waals surface area contributed by atoms with Crippen molar-refractivity contribution in [1.29, 1.82) is 0 Å². The summed E-state index contributed by atoms with van der Waals surface area (Å²) < 4.78 is 25.3. The standard InChI is InChI=1S/C13H25N5O2S2/c1-6-14-12(16-8-11-15-7-10(2)21-11)17-9-13(3,4)18-22(5,19)20/h7,18H,6,8-9H2,1-5H3,(H2,14,16,17). The van der Waals surface area contributed by atoms with E-state index in [0.29, 0.717) is 19.0 Å². The largest absolute Gasteiger partial charge is 0.357 e. The molecule has 0 unspecified atom stereocenters. The summed E-state index contributed by atoms with van der Waals surface area (Å²) >= 11 is 1.61. The highest BCUT2D eigenvalue weighted by atomic mass is 32.2. The number of hydrogen-bond acceptors (Lipinski definition) is 5. The van der Waals surface area contributed by atoms with Gasteiger partial charge < -0.3 is 10.6 Å². The summed E-state index contributed by atoms with van der Waals surface area (Å²) in [6, 6.07) is 0. The number of thiazole rings is 1. The van der Waals surface area contributed by atoms with Crippen molar-refractivity contribution in [3.05, 3.63) is 16.1 Å². The van der Waals surface area contributed by atoms with Crippen LogP contribution in [0.5, 0.6) is 0 Å². The molecule has 0 aromatic carbocycles. The molecule has 1 aromatic rings. The van der Waals surface area contributed by atoms with Gasteiger partial charge in [0, 0.05) is 29.7 Å². The third-order valence-electron chi connectivity index (χ3n) is 2.55. The van der Waals surface area contributed by atoms with Crippen LogP contribution in [0.25, 0.3) is 0 Å². The minimum Gasteiger partial charge on any atom is -0.357 e. The molecule has 0 amide bonds. The van der Waals surface area contributed by atoms with E-state index >= 15 is 0 Å². The van der Waals surface area contributed by atoms with Gasteiger partial charge in [0.25, 0.3) is 0 Å². The molecule has 0 spiro atoms. The molecule has 0 atom stereocenters. The summed E-state index contributed by atoms with van der Waals surface area (Å²) in [7, 11) is -3.25. The Morgan fingerprint density at radius 3 is 2.59 bits per heavy atom. The Labute approximate surface area is 136 Å². The van der Waals surface area contributed by atoms with E-state index in [2.05, 4.69) is 25.3 Å². The molecule has 0 radical (unpaired) electrons. The Bertz CT molecular complexity index is 608. The molecule has 3 N–H and O–H groups in total. The second-order valence-electron chi connectivity index (χ2n) is 5.67. The van der Waals surface area contributed by atoms with E-state index < -0.39 is 15.6 Å². The van der Waals surface area contributed by atoms with Gasteiger partial charge in [0.2, 0.25) is 10.0 Å². The van der Waals surface area contributed by atoms with E-state index in [1.54, 1.807) is 11.3 Å². The van der Waals surface area contributed by atoms with Crippen molar-refractivity contribution in [2.24, 2.45) is 4.99 Å². The van der Waals surface area contributed by atoms with Gasteiger partial charge >= 0.3 is 0 Å². The van der Waals surface area contributed by atoms with E-state index in [4.69, 9.17) is 0 Å². The molecule has 0 aliphatic heterocycles. The fraction of sp³-hybridized carbons (Fsp3) is 0.692. The lowest BCUT2D eigenvalue weighted by molar-refractivity contribution is 0.446. The van der Waals surface area contributed by atoms with Crippen molar-refractivity contribution in [2.75, 3.05) is 19.3 Å². The number of guanidine groups is 1. The second kappa shape index (κ2) is 7.89. The van der Waals surface area contributed by atoms with Crippen molar-refractivity contribution in [3.63, 3.8) is 0 Å². The lowest BCUT2D eigenvalue weighted by atomic mass is 10.1. The number of nitrogens with zero attached hydrogens (tertiary/aromatic N) is 2. The number of aryl methyl sites for hydroxylation is 1. The molecule has 1 rings (SSSR count). The first-order valence-corrected chi connectivity index (χ1v) is 9.74. The molecule has 0 fully saturated rings. The molecule has 0 aliphatic rings. The fourth-order valence-electron chi connectivity index (χ4n) is 1.81.